The summed E-state index contributed by atoms with van der Waals surface area (Å²) in [5.41, 5.74) is 6.00. The van der Waals surface area contributed by atoms with Gasteiger partial charge in [0.15, 0.2) is 0 Å². The van der Waals surface area contributed by atoms with Crippen LogP contribution in [0.3, 0.4) is 0 Å². The van der Waals surface area contributed by atoms with Crippen LogP contribution in [-0.2, 0) is 9.59 Å². The highest BCUT2D eigenvalue weighted by atomic mass is 79.9. The highest BCUT2D eigenvalue weighted by molar-refractivity contribution is 9.10. The monoisotopic (exact) mass is 522 g/mol. The van der Waals surface area contributed by atoms with Gasteiger partial charge in [-0.15, -0.1) is 0 Å². The largest absolute Gasteiger partial charge is 0.328 e. The molecule has 0 spiro atoms. The molecule has 0 radical (unpaired) electrons. The third-order valence-electron chi connectivity index (χ3n) is 5.15. The molecule has 3 N–H and O–H groups in total. The summed E-state index contributed by atoms with van der Waals surface area (Å²) in [5.74, 6) is -2.89. The van der Waals surface area contributed by atoms with Gasteiger partial charge in [-0.2, -0.15) is 0 Å². The molecule has 0 saturated carbocycles. The molecule has 4 rings (SSSR count). The quantitative estimate of drug-likeness (QED) is 0.325. The maximum atomic E-state index is 13.2. The molecule has 3 aromatic carbocycles. The molecule has 3 amide bonds. The van der Waals surface area contributed by atoms with E-state index in [4.69, 9.17) is 0 Å². The molecule has 1 aromatic heterocycles. The second kappa shape index (κ2) is 9.48. The molecular weight excluding hydrogens is 503 g/mol. The number of amides is 3. The van der Waals surface area contributed by atoms with Gasteiger partial charge in [0, 0.05) is 21.2 Å². The molecule has 1 heterocycles. The van der Waals surface area contributed by atoms with Crippen LogP contribution in [0.5, 0.6) is 0 Å². The molecule has 172 valence electrons. The predicted octanol–water partition coefficient (Wildman–Crippen LogP) is 5.12. The molecule has 0 fully saturated rings. The number of anilines is 2. The first-order chi connectivity index (χ1) is 16.2. The van der Waals surface area contributed by atoms with Crippen molar-refractivity contribution in [1.82, 2.24) is 4.68 Å². The van der Waals surface area contributed by atoms with E-state index in [1.165, 1.54) is 28.9 Å². The topological polar surface area (TPSA) is 92.2 Å². The molecule has 0 atom stereocenters. The van der Waals surface area contributed by atoms with Crippen molar-refractivity contribution < 1.29 is 18.8 Å². The highest BCUT2D eigenvalue weighted by Crippen LogP contribution is 2.24. The Bertz CT molecular complexity index is 1430. The van der Waals surface area contributed by atoms with Gasteiger partial charge in [-0.3, -0.25) is 19.8 Å². The lowest BCUT2D eigenvalue weighted by Crippen LogP contribution is -2.36. The number of nitrogens with one attached hydrogen (secondary N) is 3. The molecular formula is C25H20BrFN4O3. The Kier molecular flexibility index (Phi) is 6.47. The van der Waals surface area contributed by atoms with Crippen LogP contribution < -0.4 is 16.1 Å². The summed E-state index contributed by atoms with van der Waals surface area (Å²) in [6, 6.07) is 17.5. The number of hydrogen-bond donors (Lipinski definition) is 3. The van der Waals surface area contributed by atoms with Gasteiger partial charge >= 0.3 is 11.8 Å². The van der Waals surface area contributed by atoms with Crippen LogP contribution >= 0.6 is 15.9 Å². The Hall–Kier alpha value is -3.98. The lowest BCUT2D eigenvalue weighted by atomic mass is 10.1. The number of halogens is 2. The molecule has 0 unspecified atom stereocenters. The van der Waals surface area contributed by atoms with Crippen molar-refractivity contribution in [3.8, 4) is 0 Å². The Morgan fingerprint density at radius 3 is 2.29 bits per heavy atom. The summed E-state index contributed by atoms with van der Waals surface area (Å²) in [7, 11) is 0. The molecule has 34 heavy (non-hydrogen) atoms. The van der Waals surface area contributed by atoms with Gasteiger partial charge in [0.1, 0.15) is 11.5 Å². The molecule has 7 nitrogen and oxygen atoms in total. The summed E-state index contributed by atoms with van der Waals surface area (Å²) in [4.78, 5) is 38.3. The van der Waals surface area contributed by atoms with E-state index in [1.807, 2.05) is 26.0 Å². The van der Waals surface area contributed by atoms with Gasteiger partial charge < -0.3 is 10.6 Å². The second-order valence-corrected chi connectivity index (χ2v) is 8.66. The van der Waals surface area contributed by atoms with E-state index in [0.29, 0.717) is 16.6 Å². The molecule has 0 aliphatic rings. The van der Waals surface area contributed by atoms with Crippen molar-refractivity contribution in [3.05, 3.63) is 93.8 Å². The summed E-state index contributed by atoms with van der Waals surface area (Å²) in [6.07, 6.45) is 0. The number of nitrogens with zero attached hydrogens (tertiary/aromatic N) is 1. The molecule has 9 heteroatoms. The van der Waals surface area contributed by atoms with Gasteiger partial charge in [0.2, 0.25) is 0 Å². The van der Waals surface area contributed by atoms with Crippen LogP contribution in [0.15, 0.2) is 71.2 Å². The Morgan fingerprint density at radius 2 is 1.59 bits per heavy atom. The number of aromatic nitrogens is 1. The standard InChI is InChI=1S/C25H20BrFN4O3/c1-14-3-9-20(15(2)11-14)29-23(32)22-13-16-12-17(26)4-10-21(16)31(22)30-25(34)24(33)28-19-7-5-18(27)6-8-19/h3-13H,1-2H3,(H,28,33)(H,29,32)(H,30,34). The van der Waals surface area contributed by atoms with Crippen LogP contribution in [0.2, 0.25) is 0 Å². The zero-order valence-corrected chi connectivity index (χ0v) is 19.9. The van der Waals surface area contributed by atoms with Gasteiger partial charge in [0.05, 0.1) is 5.52 Å². The number of fused-ring (bicyclic) bond motifs is 1. The minimum atomic E-state index is -0.995. The van der Waals surface area contributed by atoms with E-state index in [2.05, 4.69) is 32.0 Å². The summed E-state index contributed by atoms with van der Waals surface area (Å²) >= 11 is 3.40. The van der Waals surface area contributed by atoms with E-state index in [0.717, 1.165) is 15.6 Å². The maximum absolute atomic E-state index is 13.2. The van der Waals surface area contributed by atoms with E-state index < -0.39 is 23.5 Å². The van der Waals surface area contributed by atoms with Crippen LogP contribution in [0, 0.1) is 19.7 Å². The number of benzene rings is 3. The van der Waals surface area contributed by atoms with E-state index in [9.17, 15) is 18.8 Å². The normalized spacial score (nSPS) is 10.7. The van der Waals surface area contributed by atoms with Crippen molar-refractivity contribution in [2.75, 3.05) is 16.1 Å². The summed E-state index contributed by atoms with van der Waals surface area (Å²) < 4.78 is 15.2. The number of aryl methyl sites for hydroxylation is 2. The van der Waals surface area contributed by atoms with Crippen molar-refractivity contribution in [2.24, 2.45) is 0 Å². The zero-order valence-electron chi connectivity index (χ0n) is 18.3. The van der Waals surface area contributed by atoms with Crippen molar-refractivity contribution in [1.29, 1.82) is 0 Å². The fraction of sp³-hybridized carbons (Fsp3) is 0.0800. The van der Waals surface area contributed by atoms with Crippen molar-refractivity contribution in [2.45, 2.75) is 13.8 Å². The fourth-order valence-corrected chi connectivity index (χ4v) is 3.87. The fourth-order valence-electron chi connectivity index (χ4n) is 3.49. The summed E-state index contributed by atoms with van der Waals surface area (Å²) in [6.45, 7) is 3.84. The molecule has 0 aliphatic heterocycles. The van der Waals surface area contributed by atoms with E-state index in [1.54, 1.807) is 30.3 Å². The zero-order chi connectivity index (χ0) is 24.4. The van der Waals surface area contributed by atoms with E-state index in [-0.39, 0.29) is 11.4 Å². The SMILES string of the molecule is Cc1ccc(NC(=O)c2cc3cc(Br)ccc3n2NC(=O)C(=O)Nc2ccc(F)cc2)c(C)c1. The number of carbonyl (C=O) groups excluding carboxylic acids is 3. The number of carbonyl (C=O) groups is 3. The molecule has 0 saturated heterocycles. The molecule has 4 aromatic rings. The van der Waals surface area contributed by atoms with Gasteiger partial charge in [0.25, 0.3) is 5.91 Å². The second-order valence-electron chi connectivity index (χ2n) is 7.74. The van der Waals surface area contributed by atoms with Crippen LogP contribution in [0.25, 0.3) is 10.9 Å². The molecule has 0 aliphatic carbocycles. The van der Waals surface area contributed by atoms with Crippen molar-refractivity contribution >= 4 is 55.9 Å². The predicted molar refractivity (Wildman–Crippen MR) is 133 cm³/mol. The first kappa shape index (κ1) is 23.2. The lowest BCUT2D eigenvalue weighted by Gasteiger charge is -2.14. The van der Waals surface area contributed by atoms with Gasteiger partial charge in [-0.25, -0.2) is 9.07 Å². The third-order valence-corrected chi connectivity index (χ3v) is 5.64. The molecule has 0 bridgehead atoms. The van der Waals surface area contributed by atoms with Crippen LogP contribution in [0.4, 0.5) is 15.8 Å². The third kappa shape index (κ3) is 4.99. The van der Waals surface area contributed by atoms with Gasteiger partial charge in [-0.05, 0) is 74.0 Å². The number of hydrogen-bond acceptors (Lipinski definition) is 3. The Labute approximate surface area is 203 Å². The minimum absolute atomic E-state index is 0.135. The smallest absolute Gasteiger partial charge is 0.320 e. The first-order valence-corrected chi connectivity index (χ1v) is 11.1. The van der Waals surface area contributed by atoms with Gasteiger partial charge in [-0.1, -0.05) is 33.6 Å². The Morgan fingerprint density at radius 1 is 0.853 bits per heavy atom. The lowest BCUT2D eigenvalue weighted by molar-refractivity contribution is -0.133. The first-order valence-electron chi connectivity index (χ1n) is 10.3. The maximum Gasteiger partial charge on any atom is 0.328 e. The minimum Gasteiger partial charge on any atom is -0.320 e. The average molecular weight is 523 g/mol. The van der Waals surface area contributed by atoms with E-state index >= 15 is 0 Å². The number of rotatable bonds is 4. The Balaban J connectivity index is 1.63. The van der Waals surface area contributed by atoms with Crippen LogP contribution in [0.1, 0.15) is 21.6 Å². The highest BCUT2D eigenvalue weighted by Gasteiger charge is 2.21. The summed E-state index contributed by atoms with van der Waals surface area (Å²) in [5, 5.41) is 5.94. The van der Waals surface area contributed by atoms with Crippen LogP contribution in [-0.4, -0.2) is 22.4 Å². The van der Waals surface area contributed by atoms with Crippen molar-refractivity contribution in [3.63, 3.8) is 0 Å². The average Bonchev–Trinajstić information content (AvgIpc) is 3.14.